The zero-order chi connectivity index (χ0) is 23.7. The van der Waals surface area contributed by atoms with Crippen molar-refractivity contribution in [3.05, 3.63) is 79.8 Å². The number of nitrogens with zero attached hydrogens (tertiary/aromatic N) is 2. The average molecular weight is 521 g/mol. The van der Waals surface area contributed by atoms with Gasteiger partial charge in [-0.25, -0.2) is 4.98 Å². The molecule has 34 heavy (non-hydrogen) atoms. The molecule has 0 spiro atoms. The summed E-state index contributed by atoms with van der Waals surface area (Å²) in [4.78, 5) is 30.7. The van der Waals surface area contributed by atoms with Crippen molar-refractivity contribution in [3.8, 4) is 0 Å². The van der Waals surface area contributed by atoms with Crippen LogP contribution in [0, 0.1) is 31.1 Å². The molecule has 5 nitrogen and oxygen atoms in total. The second kappa shape index (κ2) is 7.77. The zero-order valence-corrected chi connectivity index (χ0v) is 21.2. The van der Waals surface area contributed by atoms with Gasteiger partial charge in [0.15, 0.2) is 0 Å². The van der Waals surface area contributed by atoms with Crippen molar-refractivity contribution in [1.29, 1.82) is 0 Å². The number of halogens is 1. The lowest BCUT2D eigenvalue weighted by Crippen LogP contribution is -2.57. The van der Waals surface area contributed by atoms with E-state index >= 15 is 0 Å². The third-order valence-electron chi connectivity index (χ3n) is 8.64. The summed E-state index contributed by atoms with van der Waals surface area (Å²) in [6, 6.07) is 12.0. The quantitative estimate of drug-likeness (QED) is 0.416. The van der Waals surface area contributed by atoms with Gasteiger partial charge in [-0.3, -0.25) is 14.0 Å². The van der Waals surface area contributed by atoms with Crippen molar-refractivity contribution >= 4 is 27.5 Å². The number of aryl methyl sites for hydroxylation is 2. The van der Waals surface area contributed by atoms with Crippen LogP contribution in [-0.2, 0) is 21.6 Å². The Morgan fingerprint density at radius 2 is 1.85 bits per heavy atom. The Labute approximate surface area is 207 Å². The van der Waals surface area contributed by atoms with Gasteiger partial charge in [-0.2, -0.15) is 0 Å². The summed E-state index contributed by atoms with van der Waals surface area (Å²) >= 11 is 3.38. The highest BCUT2D eigenvalue weighted by atomic mass is 79.9. The molecule has 4 atom stereocenters. The first-order chi connectivity index (χ1) is 16.3. The molecule has 4 aliphatic rings. The fraction of sp³-hybridized carbons (Fsp3) is 0.464. The predicted octanol–water partition coefficient (Wildman–Crippen LogP) is 5.66. The number of carbonyl (C=O) groups excluding carboxylic acids is 1. The van der Waals surface area contributed by atoms with E-state index in [1.165, 1.54) is 46.4 Å². The molecule has 2 unspecified atom stereocenters. The van der Waals surface area contributed by atoms with Gasteiger partial charge >= 0.3 is 5.97 Å². The van der Waals surface area contributed by atoms with Crippen molar-refractivity contribution < 1.29 is 9.53 Å². The first-order valence-corrected chi connectivity index (χ1v) is 13.0. The van der Waals surface area contributed by atoms with E-state index in [0.717, 1.165) is 23.7 Å². The first-order valence-electron chi connectivity index (χ1n) is 12.2. The van der Waals surface area contributed by atoms with Crippen LogP contribution in [0.3, 0.4) is 0 Å². The van der Waals surface area contributed by atoms with Gasteiger partial charge < -0.3 is 4.74 Å². The number of esters is 1. The molecule has 0 radical (unpaired) electrons. The molecule has 176 valence electrons. The van der Waals surface area contributed by atoms with Crippen molar-refractivity contribution in [2.75, 3.05) is 0 Å². The van der Waals surface area contributed by atoms with Gasteiger partial charge in [-0.15, -0.1) is 0 Å². The number of pyridine rings is 1. The molecular weight excluding hydrogens is 492 g/mol. The van der Waals surface area contributed by atoms with Crippen LogP contribution < -0.4 is 5.56 Å². The highest BCUT2D eigenvalue weighted by molar-refractivity contribution is 9.10. The van der Waals surface area contributed by atoms with Crippen LogP contribution in [0.4, 0.5) is 0 Å². The highest BCUT2D eigenvalue weighted by Crippen LogP contribution is 2.66. The van der Waals surface area contributed by atoms with Gasteiger partial charge in [-0.05, 0) is 114 Å². The molecule has 0 aliphatic heterocycles. The maximum atomic E-state index is 13.6. The second-order valence-electron chi connectivity index (χ2n) is 11.1. The molecule has 0 amide bonds. The summed E-state index contributed by atoms with van der Waals surface area (Å²) in [6.45, 7) is 4.37. The van der Waals surface area contributed by atoms with Crippen LogP contribution in [0.15, 0.2) is 51.9 Å². The van der Waals surface area contributed by atoms with Gasteiger partial charge in [0.25, 0.3) is 5.56 Å². The first kappa shape index (κ1) is 22.0. The fourth-order valence-electron chi connectivity index (χ4n) is 7.40. The minimum absolute atomic E-state index is 0.0361. The maximum Gasteiger partial charge on any atom is 0.312 e. The van der Waals surface area contributed by atoms with Crippen LogP contribution in [0.25, 0.3) is 5.65 Å². The number of hydrogen-bond donors (Lipinski definition) is 0. The Morgan fingerprint density at radius 1 is 1.09 bits per heavy atom. The molecular formula is C28H29BrN2O3. The monoisotopic (exact) mass is 520 g/mol. The number of aromatic nitrogens is 2. The summed E-state index contributed by atoms with van der Waals surface area (Å²) < 4.78 is 8.20. The molecule has 0 N–H and O–H groups in total. The van der Waals surface area contributed by atoms with E-state index in [2.05, 4.69) is 53.0 Å². The Hall–Kier alpha value is -2.47. The standard InChI is InChI=1S/C28H29BrN2O3/c1-17-3-4-21(7-18(17)2)27-10-19-8-20(11-27)13-28(12-19,16-27)26(33)34-15-23-9-25(32)31-14-22(29)5-6-24(31)30-23/h3-7,9,14,19-20H,8,10-13,15-16H2,1-2H3/t19-,20+,27?,28?. The number of fused-ring (bicyclic) bond motifs is 1. The van der Waals surface area contributed by atoms with E-state index in [1.807, 2.05) is 6.07 Å². The number of ether oxygens (including phenoxy) is 1. The van der Waals surface area contributed by atoms with E-state index in [1.54, 1.807) is 12.3 Å². The number of rotatable bonds is 4. The van der Waals surface area contributed by atoms with Crippen LogP contribution in [0.5, 0.6) is 0 Å². The summed E-state index contributed by atoms with van der Waals surface area (Å²) in [5, 5.41) is 0. The van der Waals surface area contributed by atoms with Crippen molar-refractivity contribution in [3.63, 3.8) is 0 Å². The Bertz CT molecular complexity index is 1360. The Balaban J connectivity index is 1.26. The summed E-state index contributed by atoms with van der Waals surface area (Å²) in [7, 11) is 0. The molecule has 1 aromatic carbocycles. The third-order valence-corrected chi connectivity index (χ3v) is 9.11. The Kier molecular flexibility index (Phi) is 5.03. The molecule has 4 saturated carbocycles. The molecule has 6 heteroatoms. The van der Waals surface area contributed by atoms with Crippen molar-refractivity contribution in [1.82, 2.24) is 9.38 Å². The topological polar surface area (TPSA) is 60.7 Å². The average Bonchev–Trinajstić information content (AvgIpc) is 2.79. The van der Waals surface area contributed by atoms with Gasteiger partial charge in [0.1, 0.15) is 12.3 Å². The van der Waals surface area contributed by atoms with Gasteiger partial charge in [-0.1, -0.05) is 18.2 Å². The molecule has 2 heterocycles. The summed E-state index contributed by atoms with van der Waals surface area (Å²) in [6.07, 6.45) is 8.02. The molecule has 4 fully saturated rings. The van der Waals surface area contributed by atoms with Crippen LogP contribution in [0.2, 0.25) is 0 Å². The van der Waals surface area contributed by atoms with E-state index in [4.69, 9.17) is 4.74 Å². The largest absolute Gasteiger partial charge is 0.459 e. The lowest BCUT2D eigenvalue weighted by atomic mass is 9.43. The van der Waals surface area contributed by atoms with Crippen molar-refractivity contribution in [2.24, 2.45) is 17.3 Å². The minimum atomic E-state index is -0.417. The minimum Gasteiger partial charge on any atom is -0.459 e. The van der Waals surface area contributed by atoms with Crippen molar-refractivity contribution in [2.45, 2.75) is 64.4 Å². The van der Waals surface area contributed by atoms with Crippen LogP contribution >= 0.6 is 15.9 Å². The van der Waals surface area contributed by atoms with E-state index in [0.29, 0.717) is 23.2 Å². The molecule has 3 aromatic rings. The maximum absolute atomic E-state index is 13.6. The van der Waals surface area contributed by atoms with E-state index in [-0.39, 0.29) is 23.6 Å². The van der Waals surface area contributed by atoms with E-state index in [9.17, 15) is 9.59 Å². The van der Waals surface area contributed by atoms with E-state index < -0.39 is 5.41 Å². The SMILES string of the molecule is Cc1ccc(C23C[C@@H]4C[C@@H](CC(C(=O)OCc5cc(=O)n6cc(Br)ccc6n5)(C4)C2)C3)cc1C. The second-order valence-corrected chi connectivity index (χ2v) is 12.0. The Morgan fingerprint density at radius 3 is 2.59 bits per heavy atom. The number of carbonyl (C=O) groups is 1. The number of benzene rings is 1. The lowest BCUT2D eigenvalue weighted by molar-refractivity contribution is -0.175. The van der Waals surface area contributed by atoms with Crippen LogP contribution in [-0.4, -0.2) is 15.4 Å². The molecule has 4 bridgehead atoms. The summed E-state index contributed by atoms with van der Waals surface area (Å²) in [5.74, 6) is 1.06. The van der Waals surface area contributed by atoms with Gasteiger partial charge in [0.05, 0.1) is 11.1 Å². The molecule has 4 aliphatic carbocycles. The van der Waals surface area contributed by atoms with Crippen LogP contribution in [0.1, 0.15) is 60.9 Å². The highest BCUT2D eigenvalue weighted by Gasteiger charge is 2.61. The molecule has 0 saturated heterocycles. The molecule has 2 aromatic heterocycles. The lowest BCUT2D eigenvalue weighted by Gasteiger charge is -2.61. The zero-order valence-electron chi connectivity index (χ0n) is 19.6. The van der Waals surface area contributed by atoms with Gasteiger partial charge in [0.2, 0.25) is 0 Å². The molecule has 7 rings (SSSR count). The summed E-state index contributed by atoms with van der Waals surface area (Å²) in [5.41, 5.74) is 4.56. The fourth-order valence-corrected chi connectivity index (χ4v) is 7.74. The number of hydrogen-bond acceptors (Lipinski definition) is 4. The third kappa shape index (κ3) is 3.53. The smallest absolute Gasteiger partial charge is 0.312 e. The normalized spacial score (nSPS) is 29.5. The predicted molar refractivity (Wildman–Crippen MR) is 134 cm³/mol. The van der Waals surface area contributed by atoms with Gasteiger partial charge in [0, 0.05) is 16.7 Å².